The second-order valence-electron chi connectivity index (χ2n) is 6.01. The first-order valence-corrected chi connectivity index (χ1v) is 8.98. The highest BCUT2D eigenvalue weighted by Gasteiger charge is 2.13. The van der Waals surface area contributed by atoms with Crippen LogP contribution in [0.3, 0.4) is 0 Å². The Morgan fingerprint density at radius 1 is 1.00 bits per heavy atom. The van der Waals surface area contributed by atoms with Crippen LogP contribution in [-0.2, 0) is 4.79 Å². The molecular formula is C20H25N3O3. The molecule has 0 aliphatic carbocycles. The zero-order valence-corrected chi connectivity index (χ0v) is 15.2. The van der Waals surface area contributed by atoms with Crippen molar-refractivity contribution in [1.29, 1.82) is 0 Å². The quantitative estimate of drug-likeness (QED) is 0.756. The minimum atomic E-state index is -0.0196. The second kappa shape index (κ2) is 8.47. The van der Waals surface area contributed by atoms with E-state index in [0.29, 0.717) is 13.0 Å². The number of amides is 1. The molecule has 0 fully saturated rings. The Kier molecular flexibility index (Phi) is 5.84. The fourth-order valence-corrected chi connectivity index (χ4v) is 2.89. The first-order valence-electron chi connectivity index (χ1n) is 8.98. The number of hydrogen-bond donors (Lipinski definition) is 2. The number of ether oxygens (including phenoxy) is 2. The molecule has 138 valence electrons. The first-order chi connectivity index (χ1) is 12.7. The first kappa shape index (κ1) is 17.9. The summed E-state index contributed by atoms with van der Waals surface area (Å²) in [5.41, 5.74) is 2.89. The lowest BCUT2D eigenvalue weighted by atomic mass is 10.2. The van der Waals surface area contributed by atoms with Crippen LogP contribution >= 0.6 is 0 Å². The summed E-state index contributed by atoms with van der Waals surface area (Å²) in [7, 11) is 0. The van der Waals surface area contributed by atoms with Gasteiger partial charge in [-0.05, 0) is 50.2 Å². The van der Waals surface area contributed by atoms with E-state index in [1.165, 1.54) is 0 Å². The molecule has 0 bridgehead atoms. The van der Waals surface area contributed by atoms with Gasteiger partial charge < -0.3 is 25.0 Å². The second-order valence-corrected chi connectivity index (χ2v) is 6.01. The summed E-state index contributed by atoms with van der Waals surface area (Å²) < 4.78 is 10.6. The Morgan fingerprint density at radius 2 is 1.69 bits per heavy atom. The summed E-state index contributed by atoms with van der Waals surface area (Å²) in [5.74, 6) is 1.46. The molecule has 0 saturated heterocycles. The van der Waals surface area contributed by atoms with Crippen molar-refractivity contribution < 1.29 is 14.3 Å². The summed E-state index contributed by atoms with van der Waals surface area (Å²) >= 11 is 0. The van der Waals surface area contributed by atoms with Crippen LogP contribution in [0.2, 0.25) is 0 Å². The monoisotopic (exact) mass is 355 g/mol. The van der Waals surface area contributed by atoms with E-state index < -0.39 is 0 Å². The number of carbonyl (C=O) groups is 1. The van der Waals surface area contributed by atoms with E-state index in [0.717, 1.165) is 41.7 Å². The molecule has 1 heterocycles. The van der Waals surface area contributed by atoms with Gasteiger partial charge in [0, 0.05) is 49.2 Å². The molecule has 0 aromatic heterocycles. The molecule has 26 heavy (non-hydrogen) atoms. The molecular weight excluding hydrogens is 330 g/mol. The average Bonchev–Trinajstić information content (AvgIpc) is 3.12. The number of benzene rings is 2. The van der Waals surface area contributed by atoms with Crippen molar-refractivity contribution in [2.45, 2.75) is 20.3 Å². The summed E-state index contributed by atoms with van der Waals surface area (Å²) in [6, 6.07) is 13.6. The maximum absolute atomic E-state index is 12.1. The molecule has 0 radical (unpaired) electrons. The summed E-state index contributed by atoms with van der Waals surface area (Å²) in [5, 5.41) is 6.16. The van der Waals surface area contributed by atoms with Crippen LogP contribution in [0.4, 0.5) is 17.1 Å². The zero-order valence-electron chi connectivity index (χ0n) is 15.2. The lowest BCUT2D eigenvalue weighted by molar-refractivity contribution is -0.115. The van der Waals surface area contributed by atoms with Crippen molar-refractivity contribution in [2.24, 2.45) is 0 Å². The maximum Gasteiger partial charge on any atom is 0.231 e. The smallest absolute Gasteiger partial charge is 0.231 e. The van der Waals surface area contributed by atoms with E-state index in [9.17, 15) is 4.79 Å². The molecule has 6 heteroatoms. The molecule has 3 rings (SSSR count). The number of rotatable bonds is 8. The standard InChI is InChI=1S/C20H25N3O3/c1-3-23(4-2)17-8-5-15(6-9-17)22-20(24)11-12-21-16-7-10-18-19(13-16)26-14-25-18/h5-10,13,21H,3-4,11-12,14H2,1-2H3,(H,22,24). The van der Waals surface area contributed by atoms with Gasteiger partial charge in [-0.25, -0.2) is 0 Å². The van der Waals surface area contributed by atoms with Gasteiger partial charge in [0.25, 0.3) is 0 Å². The highest BCUT2D eigenvalue weighted by atomic mass is 16.7. The van der Waals surface area contributed by atoms with Crippen LogP contribution in [0.25, 0.3) is 0 Å². The molecule has 6 nitrogen and oxygen atoms in total. The lowest BCUT2D eigenvalue weighted by Crippen LogP contribution is -2.21. The summed E-state index contributed by atoms with van der Waals surface area (Å²) in [4.78, 5) is 14.4. The van der Waals surface area contributed by atoms with Crippen LogP contribution < -0.4 is 25.0 Å². The van der Waals surface area contributed by atoms with Gasteiger partial charge in [0.15, 0.2) is 11.5 Å². The minimum Gasteiger partial charge on any atom is -0.454 e. The Morgan fingerprint density at radius 3 is 2.42 bits per heavy atom. The fraction of sp³-hybridized carbons (Fsp3) is 0.350. The third kappa shape index (κ3) is 4.39. The molecule has 2 aromatic rings. The van der Waals surface area contributed by atoms with Crippen LogP contribution in [0, 0.1) is 0 Å². The molecule has 0 spiro atoms. The van der Waals surface area contributed by atoms with Crippen LogP contribution in [-0.4, -0.2) is 32.3 Å². The Balaban J connectivity index is 1.45. The predicted octanol–water partition coefficient (Wildman–Crippen LogP) is 3.70. The fourth-order valence-electron chi connectivity index (χ4n) is 2.89. The summed E-state index contributed by atoms with van der Waals surface area (Å²) in [6.07, 6.45) is 0.381. The topological polar surface area (TPSA) is 62.8 Å². The Bertz CT molecular complexity index is 742. The van der Waals surface area contributed by atoms with Gasteiger partial charge in [0.1, 0.15) is 0 Å². The number of hydrogen-bond acceptors (Lipinski definition) is 5. The molecule has 1 aliphatic heterocycles. The van der Waals surface area contributed by atoms with Crippen molar-refractivity contribution in [3.8, 4) is 11.5 Å². The van der Waals surface area contributed by atoms with Crippen molar-refractivity contribution in [3.63, 3.8) is 0 Å². The summed E-state index contributed by atoms with van der Waals surface area (Å²) in [6.45, 7) is 7.00. The highest BCUT2D eigenvalue weighted by Crippen LogP contribution is 2.34. The van der Waals surface area contributed by atoms with Gasteiger partial charge in [0.05, 0.1) is 0 Å². The third-order valence-electron chi connectivity index (χ3n) is 4.33. The van der Waals surface area contributed by atoms with E-state index in [1.54, 1.807) is 0 Å². The molecule has 1 aliphatic rings. The van der Waals surface area contributed by atoms with E-state index >= 15 is 0 Å². The van der Waals surface area contributed by atoms with Gasteiger partial charge in [0.2, 0.25) is 12.7 Å². The normalized spacial score (nSPS) is 11.9. The lowest BCUT2D eigenvalue weighted by Gasteiger charge is -2.21. The molecule has 2 aromatic carbocycles. The van der Waals surface area contributed by atoms with Gasteiger partial charge in [-0.2, -0.15) is 0 Å². The van der Waals surface area contributed by atoms with Crippen LogP contribution in [0.15, 0.2) is 42.5 Å². The van der Waals surface area contributed by atoms with E-state index in [4.69, 9.17) is 9.47 Å². The molecule has 2 N–H and O–H groups in total. The van der Waals surface area contributed by atoms with E-state index in [-0.39, 0.29) is 12.7 Å². The average molecular weight is 355 g/mol. The van der Waals surface area contributed by atoms with Gasteiger partial charge >= 0.3 is 0 Å². The van der Waals surface area contributed by atoms with Crippen molar-refractivity contribution in [2.75, 3.05) is 42.0 Å². The Labute approximate surface area is 154 Å². The third-order valence-corrected chi connectivity index (χ3v) is 4.33. The number of fused-ring (bicyclic) bond motifs is 1. The van der Waals surface area contributed by atoms with Crippen molar-refractivity contribution >= 4 is 23.0 Å². The number of nitrogens with zero attached hydrogens (tertiary/aromatic N) is 1. The van der Waals surface area contributed by atoms with E-state index in [2.05, 4.69) is 29.4 Å². The highest BCUT2D eigenvalue weighted by molar-refractivity contribution is 5.91. The molecule has 0 saturated carbocycles. The molecule has 1 amide bonds. The van der Waals surface area contributed by atoms with E-state index in [1.807, 2.05) is 42.5 Å². The van der Waals surface area contributed by atoms with Crippen LogP contribution in [0.1, 0.15) is 20.3 Å². The molecule has 0 atom stereocenters. The van der Waals surface area contributed by atoms with Crippen molar-refractivity contribution in [3.05, 3.63) is 42.5 Å². The zero-order chi connectivity index (χ0) is 18.4. The van der Waals surface area contributed by atoms with Crippen molar-refractivity contribution in [1.82, 2.24) is 0 Å². The largest absolute Gasteiger partial charge is 0.454 e. The van der Waals surface area contributed by atoms with Gasteiger partial charge in [-0.3, -0.25) is 4.79 Å². The number of carbonyl (C=O) groups excluding carboxylic acids is 1. The predicted molar refractivity (Wildman–Crippen MR) is 104 cm³/mol. The SMILES string of the molecule is CCN(CC)c1ccc(NC(=O)CCNc2ccc3c(c2)OCO3)cc1. The minimum absolute atomic E-state index is 0.0196. The number of nitrogens with one attached hydrogen (secondary N) is 2. The maximum atomic E-state index is 12.1. The van der Waals surface area contributed by atoms with Gasteiger partial charge in [-0.15, -0.1) is 0 Å². The Hall–Kier alpha value is -2.89. The molecule has 0 unspecified atom stereocenters. The van der Waals surface area contributed by atoms with Crippen LogP contribution in [0.5, 0.6) is 11.5 Å². The number of anilines is 3. The van der Waals surface area contributed by atoms with Gasteiger partial charge in [-0.1, -0.05) is 0 Å².